The van der Waals surface area contributed by atoms with Crippen molar-refractivity contribution in [3.8, 4) is 11.4 Å². The maximum Gasteiger partial charge on any atom is 0.313 e. The van der Waals surface area contributed by atoms with Crippen LogP contribution in [0.4, 0.5) is 5.69 Å². The van der Waals surface area contributed by atoms with E-state index in [0.29, 0.717) is 25.2 Å². The molecule has 0 aliphatic heterocycles. The van der Waals surface area contributed by atoms with Gasteiger partial charge in [0.05, 0.1) is 11.2 Å². The molecule has 0 atom stereocenters. The number of carbonyl (C=O) groups excluding carboxylic acids is 2. The minimum atomic E-state index is -0.691. The average Bonchev–Trinajstić information content (AvgIpc) is 3.25. The summed E-state index contributed by atoms with van der Waals surface area (Å²) in [5, 5.41) is 6.19. The van der Waals surface area contributed by atoms with Crippen molar-refractivity contribution < 1.29 is 9.59 Å². The molecule has 0 aliphatic rings. The molecule has 2 amide bonds. The van der Waals surface area contributed by atoms with Crippen molar-refractivity contribution in [1.29, 1.82) is 0 Å². The first kappa shape index (κ1) is 20.3. The number of benzene rings is 2. The summed E-state index contributed by atoms with van der Waals surface area (Å²) in [6.45, 7) is 2.91. The van der Waals surface area contributed by atoms with Crippen LogP contribution in [0.3, 0.4) is 0 Å². The number of aryl methyl sites for hydroxylation is 2. The molecule has 2 heterocycles. The zero-order valence-electron chi connectivity index (χ0n) is 17.2. The molecule has 2 aromatic carbocycles. The quantitative estimate of drug-likeness (QED) is 0.374. The van der Waals surface area contributed by atoms with Gasteiger partial charge in [-0.2, -0.15) is 0 Å². The second-order valence-corrected chi connectivity index (χ2v) is 7.20. The number of hydrogen-bond acceptors (Lipinski definition) is 4. The third kappa shape index (κ3) is 4.78. The molecule has 4 rings (SSSR count). The number of para-hydroxylation sites is 1. The number of imidazole rings is 1. The fourth-order valence-electron chi connectivity index (χ4n) is 3.46. The summed E-state index contributed by atoms with van der Waals surface area (Å²) in [4.78, 5) is 33.5. The van der Waals surface area contributed by atoms with Gasteiger partial charge in [-0.25, -0.2) is 4.98 Å². The molecule has 0 fully saturated rings. The van der Waals surface area contributed by atoms with Crippen molar-refractivity contribution in [3.05, 3.63) is 78.8 Å². The lowest BCUT2D eigenvalue weighted by Crippen LogP contribution is -2.36. The van der Waals surface area contributed by atoms with Gasteiger partial charge < -0.3 is 15.2 Å². The van der Waals surface area contributed by atoms with Gasteiger partial charge in [0.25, 0.3) is 0 Å². The lowest BCUT2D eigenvalue weighted by molar-refractivity contribution is -0.136. The van der Waals surface area contributed by atoms with E-state index in [1.165, 1.54) is 0 Å². The Hall–Kier alpha value is -4.00. The molecule has 0 bridgehead atoms. The highest BCUT2D eigenvalue weighted by atomic mass is 16.2. The lowest BCUT2D eigenvalue weighted by Gasteiger charge is -2.11. The monoisotopic (exact) mass is 413 g/mol. The Labute approximate surface area is 180 Å². The molecule has 0 radical (unpaired) electrons. The maximum absolute atomic E-state index is 12.4. The van der Waals surface area contributed by atoms with E-state index in [1.807, 2.05) is 72.3 Å². The van der Waals surface area contributed by atoms with Gasteiger partial charge in [-0.3, -0.25) is 14.6 Å². The van der Waals surface area contributed by atoms with E-state index in [1.54, 1.807) is 12.3 Å². The van der Waals surface area contributed by atoms with E-state index in [4.69, 9.17) is 0 Å². The van der Waals surface area contributed by atoms with Crippen LogP contribution in [0.5, 0.6) is 0 Å². The van der Waals surface area contributed by atoms with Crippen molar-refractivity contribution in [2.24, 2.45) is 0 Å². The molecular formula is C24H23N5O2. The number of rotatable bonds is 6. The van der Waals surface area contributed by atoms with Crippen LogP contribution in [0.1, 0.15) is 12.1 Å². The van der Waals surface area contributed by atoms with Gasteiger partial charge in [0.1, 0.15) is 5.82 Å². The summed E-state index contributed by atoms with van der Waals surface area (Å²) in [6.07, 6.45) is 4.34. The summed E-state index contributed by atoms with van der Waals surface area (Å²) < 4.78 is 2.04. The molecule has 0 aliphatic carbocycles. The molecule has 0 unspecified atom stereocenters. The van der Waals surface area contributed by atoms with Crippen molar-refractivity contribution in [2.45, 2.75) is 19.9 Å². The highest BCUT2D eigenvalue weighted by Crippen LogP contribution is 2.22. The minimum Gasteiger partial charge on any atom is -0.348 e. The molecule has 31 heavy (non-hydrogen) atoms. The highest BCUT2D eigenvalue weighted by Gasteiger charge is 2.15. The highest BCUT2D eigenvalue weighted by molar-refractivity contribution is 6.40. The van der Waals surface area contributed by atoms with Crippen LogP contribution in [0.2, 0.25) is 0 Å². The number of amides is 2. The fourth-order valence-corrected chi connectivity index (χ4v) is 3.46. The maximum atomic E-state index is 12.4. The summed E-state index contributed by atoms with van der Waals surface area (Å²) in [5.41, 5.74) is 3.15. The fraction of sp³-hybridized carbons (Fsp3) is 0.167. The normalized spacial score (nSPS) is 10.7. The Morgan fingerprint density at radius 1 is 1.00 bits per heavy atom. The van der Waals surface area contributed by atoms with E-state index in [0.717, 1.165) is 28.0 Å². The predicted octanol–water partition coefficient (Wildman–Crippen LogP) is 3.55. The molecule has 2 N–H and O–H groups in total. The van der Waals surface area contributed by atoms with E-state index >= 15 is 0 Å². The van der Waals surface area contributed by atoms with Crippen LogP contribution in [0, 0.1) is 6.92 Å². The Morgan fingerprint density at radius 3 is 2.61 bits per heavy atom. The van der Waals surface area contributed by atoms with Gasteiger partial charge in [0, 0.05) is 42.1 Å². The largest absolute Gasteiger partial charge is 0.348 e. The minimum absolute atomic E-state index is 0.384. The Morgan fingerprint density at radius 2 is 1.77 bits per heavy atom. The second kappa shape index (κ2) is 9.21. The zero-order chi connectivity index (χ0) is 21.6. The van der Waals surface area contributed by atoms with Crippen LogP contribution >= 0.6 is 0 Å². The number of nitrogens with one attached hydrogen (secondary N) is 2. The second-order valence-electron chi connectivity index (χ2n) is 7.20. The van der Waals surface area contributed by atoms with Gasteiger partial charge in [0.15, 0.2) is 0 Å². The molecule has 0 spiro atoms. The van der Waals surface area contributed by atoms with E-state index in [-0.39, 0.29) is 0 Å². The van der Waals surface area contributed by atoms with Gasteiger partial charge in [-0.15, -0.1) is 0 Å². The van der Waals surface area contributed by atoms with Gasteiger partial charge in [-0.05, 0) is 25.5 Å². The average molecular weight is 413 g/mol. The third-order valence-electron chi connectivity index (χ3n) is 4.91. The van der Waals surface area contributed by atoms with Gasteiger partial charge >= 0.3 is 11.8 Å². The zero-order valence-corrected chi connectivity index (χ0v) is 17.2. The number of hydrogen-bond donors (Lipinski definition) is 2. The lowest BCUT2D eigenvalue weighted by atomic mass is 10.1. The summed E-state index contributed by atoms with van der Waals surface area (Å²) in [6, 6.07) is 19.2. The Balaban J connectivity index is 1.31. The van der Waals surface area contributed by atoms with Crippen molar-refractivity contribution in [2.75, 3.05) is 11.9 Å². The molecule has 0 saturated heterocycles. The molecular weight excluding hydrogens is 390 g/mol. The predicted molar refractivity (Wildman–Crippen MR) is 120 cm³/mol. The van der Waals surface area contributed by atoms with Gasteiger partial charge in [0.2, 0.25) is 0 Å². The molecule has 0 saturated carbocycles. The molecule has 156 valence electrons. The number of carbonyl (C=O) groups is 2. The third-order valence-corrected chi connectivity index (χ3v) is 4.91. The SMILES string of the molecule is Cc1cc(NC(=O)C(=O)NCCCn2ccnc2-c2ccccc2)c2ccccc2n1. The number of aromatic nitrogens is 3. The number of anilines is 1. The first-order valence-corrected chi connectivity index (χ1v) is 10.1. The van der Waals surface area contributed by atoms with Crippen molar-refractivity contribution >= 4 is 28.4 Å². The first-order chi connectivity index (χ1) is 15.1. The van der Waals surface area contributed by atoms with E-state index < -0.39 is 11.8 Å². The van der Waals surface area contributed by atoms with E-state index in [9.17, 15) is 9.59 Å². The smallest absolute Gasteiger partial charge is 0.313 e. The van der Waals surface area contributed by atoms with Crippen molar-refractivity contribution in [1.82, 2.24) is 19.9 Å². The number of fused-ring (bicyclic) bond motifs is 1. The molecule has 7 heteroatoms. The van der Waals surface area contributed by atoms with Crippen LogP contribution in [0.25, 0.3) is 22.3 Å². The van der Waals surface area contributed by atoms with Crippen LogP contribution < -0.4 is 10.6 Å². The van der Waals surface area contributed by atoms with Crippen LogP contribution in [0.15, 0.2) is 73.1 Å². The number of nitrogens with zero attached hydrogens (tertiary/aromatic N) is 3. The molecule has 4 aromatic rings. The van der Waals surface area contributed by atoms with Crippen LogP contribution in [-0.2, 0) is 16.1 Å². The topological polar surface area (TPSA) is 88.9 Å². The summed E-state index contributed by atoms with van der Waals surface area (Å²) in [7, 11) is 0. The summed E-state index contributed by atoms with van der Waals surface area (Å²) >= 11 is 0. The Kier molecular flexibility index (Phi) is 6.03. The molecule has 2 aromatic heterocycles. The van der Waals surface area contributed by atoms with Gasteiger partial charge in [-0.1, -0.05) is 48.5 Å². The summed E-state index contributed by atoms with van der Waals surface area (Å²) in [5.74, 6) is -0.472. The first-order valence-electron chi connectivity index (χ1n) is 10.1. The Bertz CT molecular complexity index is 1220. The standard InChI is InChI=1S/C24H23N5O2/c1-17-16-21(19-10-5-6-11-20(19)27-17)28-24(31)23(30)26-12-7-14-29-15-13-25-22(29)18-8-3-2-4-9-18/h2-6,8-11,13,15-16H,7,12,14H2,1H3,(H,26,30)(H,27,28,31). The van der Waals surface area contributed by atoms with Crippen molar-refractivity contribution in [3.63, 3.8) is 0 Å². The van der Waals surface area contributed by atoms with E-state index in [2.05, 4.69) is 20.6 Å². The van der Waals surface area contributed by atoms with Crippen LogP contribution in [-0.4, -0.2) is 32.9 Å². The number of pyridine rings is 1. The molecule has 7 nitrogen and oxygen atoms in total.